The van der Waals surface area contributed by atoms with Crippen LogP contribution in [-0.2, 0) is 6.54 Å². The second kappa shape index (κ2) is 12.8. The molecule has 1 N–H and O–H groups in total. The van der Waals surface area contributed by atoms with Crippen LogP contribution < -0.4 is 0 Å². The molecule has 0 atom stereocenters. The van der Waals surface area contributed by atoms with Crippen molar-refractivity contribution in [2.45, 2.75) is 13.5 Å². The van der Waals surface area contributed by atoms with E-state index in [1.165, 1.54) is 115 Å². The van der Waals surface area contributed by atoms with Gasteiger partial charge in [-0.25, -0.2) is 0 Å². The number of aryl methyl sites for hydroxylation is 1. The molecule has 2 heterocycles. The molecule has 0 radical (unpaired) electrons. The number of nitrogens with one attached hydrogen (secondary N) is 1. The Hall–Kier alpha value is -7.42. The van der Waals surface area contributed by atoms with Crippen LogP contribution >= 0.6 is 0 Å². The van der Waals surface area contributed by atoms with Crippen LogP contribution in [0.2, 0.25) is 0 Å². The third kappa shape index (κ3) is 4.79. The van der Waals surface area contributed by atoms with Gasteiger partial charge in [0.25, 0.3) is 0 Å². The predicted octanol–water partition coefficient (Wildman–Crippen LogP) is 15.6. The van der Waals surface area contributed by atoms with Gasteiger partial charge in [0.15, 0.2) is 0 Å². The first kappa shape index (κ1) is 32.8. The van der Waals surface area contributed by atoms with Gasteiger partial charge in [-0.15, -0.1) is 0 Å². The minimum Gasteiger partial charge on any atom is -0.354 e. The Balaban J connectivity index is 1.23. The van der Waals surface area contributed by atoms with E-state index in [4.69, 9.17) is 0 Å². The maximum absolute atomic E-state index is 3.82. The molecule has 2 nitrogen and oxygen atoms in total. The highest BCUT2D eigenvalue weighted by Crippen LogP contribution is 2.47. The molecule has 272 valence electrons. The SMILES string of the molecule is CCn1c2ccccc2c2cccc(-c3cccc4c(-c5cccc6ccc(-c7ccccc7)cc56)c5cccc(-c6cccc7c6[nH]c6ccccc67)c5cc34)c21. The molecule has 0 fully saturated rings. The fraction of sp³-hybridized carbons (Fsp3) is 0.0357. The van der Waals surface area contributed by atoms with Crippen molar-refractivity contribution in [3.8, 4) is 44.5 Å². The van der Waals surface area contributed by atoms with E-state index in [1.807, 2.05) is 0 Å². The summed E-state index contributed by atoms with van der Waals surface area (Å²) in [5, 5.41) is 12.5. The molecule has 58 heavy (non-hydrogen) atoms. The number of hydrogen-bond acceptors (Lipinski definition) is 0. The fourth-order valence-corrected chi connectivity index (χ4v) is 9.98. The van der Waals surface area contributed by atoms with Crippen LogP contribution in [0.15, 0.2) is 194 Å². The van der Waals surface area contributed by atoms with Crippen molar-refractivity contribution in [3.63, 3.8) is 0 Å². The second-order valence-corrected chi connectivity index (χ2v) is 15.5. The first-order valence-electron chi connectivity index (χ1n) is 20.3. The largest absolute Gasteiger partial charge is 0.354 e. The second-order valence-electron chi connectivity index (χ2n) is 15.5. The Morgan fingerprint density at radius 2 is 0.983 bits per heavy atom. The van der Waals surface area contributed by atoms with Gasteiger partial charge in [0.1, 0.15) is 0 Å². The maximum atomic E-state index is 3.82. The molecule has 2 heteroatoms. The van der Waals surface area contributed by atoms with Crippen LogP contribution in [0.4, 0.5) is 0 Å². The van der Waals surface area contributed by atoms with Gasteiger partial charge in [-0.05, 0) is 96.9 Å². The van der Waals surface area contributed by atoms with Gasteiger partial charge in [-0.2, -0.15) is 0 Å². The summed E-state index contributed by atoms with van der Waals surface area (Å²) < 4.78 is 2.50. The highest BCUT2D eigenvalue weighted by atomic mass is 15.0. The molecule has 0 bridgehead atoms. The molecular formula is C56H38N2. The van der Waals surface area contributed by atoms with Gasteiger partial charge in [0.2, 0.25) is 0 Å². The van der Waals surface area contributed by atoms with Crippen molar-refractivity contribution < 1.29 is 0 Å². The van der Waals surface area contributed by atoms with E-state index in [2.05, 4.69) is 211 Å². The summed E-state index contributed by atoms with van der Waals surface area (Å²) in [4.78, 5) is 3.82. The Morgan fingerprint density at radius 3 is 1.78 bits per heavy atom. The van der Waals surface area contributed by atoms with Crippen LogP contribution in [0, 0.1) is 0 Å². The summed E-state index contributed by atoms with van der Waals surface area (Å²) in [6.45, 7) is 3.15. The number of nitrogens with zero attached hydrogens (tertiary/aromatic N) is 1. The van der Waals surface area contributed by atoms with Crippen LogP contribution in [-0.4, -0.2) is 9.55 Å². The molecule has 0 aliphatic carbocycles. The Bertz CT molecular complexity index is 3600. The molecule has 10 aromatic carbocycles. The minimum absolute atomic E-state index is 0.887. The number of para-hydroxylation sites is 4. The monoisotopic (exact) mass is 738 g/mol. The maximum Gasteiger partial charge on any atom is 0.0571 e. The third-order valence-corrected chi connectivity index (χ3v) is 12.5. The van der Waals surface area contributed by atoms with E-state index in [0.29, 0.717) is 0 Å². The van der Waals surface area contributed by atoms with Crippen molar-refractivity contribution in [3.05, 3.63) is 194 Å². The summed E-state index contributed by atoms with van der Waals surface area (Å²) in [6.07, 6.45) is 0. The lowest BCUT2D eigenvalue weighted by Crippen LogP contribution is -1.96. The van der Waals surface area contributed by atoms with Gasteiger partial charge in [0, 0.05) is 50.2 Å². The average molecular weight is 739 g/mol. The fourth-order valence-electron chi connectivity index (χ4n) is 9.98. The van der Waals surface area contributed by atoms with Crippen LogP contribution in [0.1, 0.15) is 6.92 Å². The van der Waals surface area contributed by atoms with E-state index < -0.39 is 0 Å². The van der Waals surface area contributed by atoms with Crippen LogP contribution in [0.5, 0.6) is 0 Å². The zero-order valence-corrected chi connectivity index (χ0v) is 32.1. The van der Waals surface area contributed by atoms with Crippen LogP contribution in [0.25, 0.3) is 120 Å². The van der Waals surface area contributed by atoms with Crippen molar-refractivity contribution >= 4 is 75.9 Å². The highest BCUT2D eigenvalue weighted by molar-refractivity contribution is 6.24. The predicted molar refractivity (Wildman–Crippen MR) is 249 cm³/mol. The smallest absolute Gasteiger partial charge is 0.0571 e. The molecular weight excluding hydrogens is 701 g/mol. The number of benzene rings is 10. The Morgan fingerprint density at radius 1 is 0.379 bits per heavy atom. The lowest BCUT2D eigenvalue weighted by Gasteiger charge is -2.19. The number of fused-ring (bicyclic) bond motifs is 9. The quantitative estimate of drug-likeness (QED) is 0.170. The number of hydrogen-bond donors (Lipinski definition) is 1. The van der Waals surface area contributed by atoms with E-state index in [0.717, 1.165) is 12.1 Å². The number of aromatic nitrogens is 2. The van der Waals surface area contributed by atoms with Crippen molar-refractivity contribution in [2.24, 2.45) is 0 Å². The highest BCUT2D eigenvalue weighted by Gasteiger charge is 2.21. The van der Waals surface area contributed by atoms with Gasteiger partial charge < -0.3 is 9.55 Å². The Kier molecular flexibility index (Phi) is 7.24. The molecule has 0 aliphatic rings. The molecule has 0 saturated carbocycles. The molecule has 0 amide bonds. The van der Waals surface area contributed by atoms with Crippen molar-refractivity contribution in [2.75, 3.05) is 0 Å². The molecule has 0 aliphatic heterocycles. The summed E-state index contributed by atoms with van der Waals surface area (Å²) >= 11 is 0. The molecule has 0 unspecified atom stereocenters. The average Bonchev–Trinajstić information content (AvgIpc) is 3.84. The Labute approximate surface area is 336 Å². The molecule has 0 saturated heterocycles. The van der Waals surface area contributed by atoms with E-state index in [1.54, 1.807) is 0 Å². The first-order valence-corrected chi connectivity index (χ1v) is 20.3. The number of H-pyrrole nitrogens is 1. The van der Waals surface area contributed by atoms with Gasteiger partial charge >= 0.3 is 0 Å². The zero-order chi connectivity index (χ0) is 38.3. The summed E-state index contributed by atoms with van der Waals surface area (Å²) in [6, 6.07) is 71.9. The van der Waals surface area contributed by atoms with Gasteiger partial charge in [-0.3, -0.25) is 0 Å². The topological polar surface area (TPSA) is 20.7 Å². The number of aromatic amines is 1. The van der Waals surface area contributed by atoms with E-state index >= 15 is 0 Å². The van der Waals surface area contributed by atoms with Crippen molar-refractivity contribution in [1.82, 2.24) is 9.55 Å². The normalized spacial score (nSPS) is 11.9. The number of rotatable bonds is 5. The summed E-state index contributed by atoms with van der Waals surface area (Å²) in [7, 11) is 0. The molecule has 0 spiro atoms. The van der Waals surface area contributed by atoms with Gasteiger partial charge in [-0.1, -0.05) is 170 Å². The molecule has 12 aromatic rings. The molecule has 2 aromatic heterocycles. The lowest BCUT2D eigenvalue weighted by molar-refractivity contribution is 0.828. The molecule has 12 rings (SSSR count). The van der Waals surface area contributed by atoms with E-state index in [-0.39, 0.29) is 0 Å². The third-order valence-electron chi connectivity index (χ3n) is 12.5. The standard InChI is InChI=1S/C56H38N2/c1-2-58-53-30-9-7-19-41(53)48-28-14-27-47(56(48)58)39-21-12-24-44-51(39)34-50-38(45-25-13-26-46-40-18-6-8-29-52(40)57-55(45)46)20-11-23-43(50)54(44)42-22-10-17-36-31-32-37(33-49(36)42)35-15-4-3-5-16-35/h3-34,57H,2H2,1H3. The summed E-state index contributed by atoms with van der Waals surface area (Å²) in [5.41, 5.74) is 14.8. The van der Waals surface area contributed by atoms with Crippen molar-refractivity contribution in [1.29, 1.82) is 0 Å². The first-order chi connectivity index (χ1) is 28.7. The van der Waals surface area contributed by atoms with E-state index in [9.17, 15) is 0 Å². The minimum atomic E-state index is 0.887. The van der Waals surface area contributed by atoms with Crippen LogP contribution in [0.3, 0.4) is 0 Å². The zero-order valence-electron chi connectivity index (χ0n) is 32.1. The lowest BCUT2D eigenvalue weighted by atomic mass is 9.84. The summed E-state index contributed by atoms with van der Waals surface area (Å²) in [5.74, 6) is 0. The van der Waals surface area contributed by atoms with Gasteiger partial charge in [0.05, 0.1) is 11.0 Å².